The lowest BCUT2D eigenvalue weighted by Gasteiger charge is -2.30. The number of aryl methyl sites for hydroxylation is 1. The highest BCUT2D eigenvalue weighted by molar-refractivity contribution is 5.87. The average molecular weight is 329 g/mol. The van der Waals surface area contributed by atoms with Crippen molar-refractivity contribution in [3.63, 3.8) is 0 Å². The smallest absolute Gasteiger partial charge is 0.307 e. The number of benzene rings is 1. The van der Waals surface area contributed by atoms with Gasteiger partial charge in [-0.15, -0.1) is 0 Å². The number of allylic oxidation sites excluding steroid dienone is 2. The molecule has 2 bridgehead atoms. The molecule has 0 radical (unpaired) electrons. The number of aliphatic carboxylic acids is 1. The first-order valence-corrected chi connectivity index (χ1v) is 8.54. The maximum absolute atomic E-state index is 13.4. The van der Waals surface area contributed by atoms with Gasteiger partial charge in [0.1, 0.15) is 5.82 Å². The Hall–Kier alpha value is -2.17. The van der Waals surface area contributed by atoms with Gasteiger partial charge in [-0.05, 0) is 60.8 Å². The van der Waals surface area contributed by atoms with Crippen LogP contribution < -0.4 is 5.32 Å². The number of carboxylic acid groups (broad SMARTS) is 1. The molecule has 4 nitrogen and oxygen atoms in total. The van der Waals surface area contributed by atoms with Crippen LogP contribution in [-0.2, 0) is 16.0 Å². The number of hydrogen-bond donors (Lipinski definition) is 2. The Morgan fingerprint density at radius 3 is 2.67 bits per heavy atom. The summed E-state index contributed by atoms with van der Waals surface area (Å²) in [5, 5.41) is 12.5. The first-order valence-electron chi connectivity index (χ1n) is 8.54. The van der Waals surface area contributed by atoms with Gasteiger partial charge in [0, 0.05) is 0 Å². The lowest BCUT2D eigenvalue weighted by molar-refractivity contribution is -0.148. The summed E-state index contributed by atoms with van der Waals surface area (Å²) < 4.78 is 13.4. The van der Waals surface area contributed by atoms with Gasteiger partial charge in [-0.3, -0.25) is 9.59 Å². The van der Waals surface area contributed by atoms with Crippen LogP contribution in [0.1, 0.15) is 36.4 Å². The fraction of sp³-hybridized carbons (Fsp3) is 0.474. The zero-order valence-electron chi connectivity index (χ0n) is 13.2. The van der Waals surface area contributed by atoms with Gasteiger partial charge >= 0.3 is 5.97 Å². The predicted molar refractivity (Wildman–Crippen MR) is 85.6 cm³/mol. The van der Waals surface area contributed by atoms with Crippen molar-refractivity contribution in [1.29, 1.82) is 0 Å². The lowest BCUT2D eigenvalue weighted by Crippen LogP contribution is -2.42. The zero-order chi connectivity index (χ0) is 16.8. The Bertz CT molecular complexity index is 729. The number of fused-ring (bicyclic) bond motifs is 3. The van der Waals surface area contributed by atoms with Crippen molar-refractivity contribution < 1.29 is 19.1 Å². The molecule has 1 fully saturated rings. The fourth-order valence-electron chi connectivity index (χ4n) is 4.72. The zero-order valence-corrected chi connectivity index (χ0v) is 13.2. The molecule has 0 spiro atoms. The summed E-state index contributed by atoms with van der Waals surface area (Å²) in [6.45, 7) is 0. The second kappa shape index (κ2) is 5.72. The van der Waals surface area contributed by atoms with Crippen LogP contribution in [0.25, 0.3) is 0 Å². The Kier molecular flexibility index (Phi) is 3.66. The summed E-state index contributed by atoms with van der Waals surface area (Å²) in [6, 6.07) is 4.54. The van der Waals surface area contributed by atoms with E-state index in [-0.39, 0.29) is 29.6 Å². The molecule has 1 amide bonds. The topological polar surface area (TPSA) is 66.4 Å². The maximum Gasteiger partial charge on any atom is 0.307 e. The summed E-state index contributed by atoms with van der Waals surface area (Å²) >= 11 is 0. The maximum atomic E-state index is 13.4. The van der Waals surface area contributed by atoms with Gasteiger partial charge in [0.15, 0.2) is 0 Å². The van der Waals surface area contributed by atoms with E-state index in [2.05, 4.69) is 5.32 Å². The number of carbonyl (C=O) groups is 2. The Morgan fingerprint density at radius 1 is 1.17 bits per heavy atom. The third-order valence-electron chi connectivity index (χ3n) is 5.78. The minimum atomic E-state index is -0.891. The van der Waals surface area contributed by atoms with Gasteiger partial charge in [0.25, 0.3) is 0 Å². The van der Waals surface area contributed by atoms with E-state index >= 15 is 0 Å². The van der Waals surface area contributed by atoms with E-state index in [1.54, 1.807) is 6.07 Å². The molecule has 0 saturated heterocycles. The third-order valence-corrected chi connectivity index (χ3v) is 5.78. The summed E-state index contributed by atoms with van der Waals surface area (Å²) in [5.74, 6) is -2.47. The van der Waals surface area contributed by atoms with Gasteiger partial charge in [-0.2, -0.15) is 0 Å². The molecule has 1 aromatic rings. The van der Waals surface area contributed by atoms with E-state index in [0.717, 1.165) is 36.8 Å². The van der Waals surface area contributed by atoms with Gasteiger partial charge in [0.05, 0.1) is 17.9 Å². The van der Waals surface area contributed by atoms with Gasteiger partial charge in [0.2, 0.25) is 5.91 Å². The molecule has 5 unspecified atom stereocenters. The highest BCUT2D eigenvalue weighted by Gasteiger charge is 2.51. The molecule has 126 valence electrons. The van der Waals surface area contributed by atoms with Crippen molar-refractivity contribution >= 4 is 11.9 Å². The quantitative estimate of drug-likeness (QED) is 0.838. The minimum Gasteiger partial charge on any atom is -0.481 e. The molecule has 3 aliphatic rings. The summed E-state index contributed by atoms with van der Waals surface area (Å²) in [4.78, 5) is 24.4. The molecule has 5 atom stereocenters. The number of rotatable bonds is 3. The SMILES string of the molecule is O=C(O)C1C2C=CC(C2)C1C(=O)NC1CCCc2cc(F)ccc21. The molecule has 0 aromatic heterocycles. The van der Waals surface area contributed by atoms with Crippen LogP contribution in [0, 0.1) is 29.5 Å². The van der Waals surface area contributed by atoms with Crippen molar-refractivity contribution in [1.82, 2.24) is 5.32 Å². The van der Waals surface area contributed by atoms with Crippen molar-refractivity contribution in [2.24, 2.45) is 23.7 Å². The molecule has 2 N–H and O–H groups in total. The van der Waals surface area contributed by atoms with Crippen LogP contribution in [0.5, 0.6) is 0 Å². The first-order chi connectivity index (χ1) is 11.5. The van der Waals surface area contributed by atoms with Crippen LogP contribution in [0.4, 0.5) is 4.39 Å². The summed E-state index contributed by atoms with van der Waals surface area (Å²) in [6.07, 6.45) is 7.18. The van der Waals surface area contributed by atoms with E-state index in [4.69, 9.17) is 0 Å². The van der Waals surface area contributed by atoms with Crippen molar-refractivity contribution in [2.45, 2.75) is 31.7 Å². The van der Waals surface area contributed by atoms with Crippen molar-refractivity contribution in [3.05, 3.63) is 47.3 Å². The molecule has 1 saturated carbocycles. The number of carboxylic acids is 1. The van der Waals surface area contributed by atoms with E-state index in [1.165, 1.54) is 12.1 Å². The predicted octanol–water partition coefficient (Wildman–Crippen LogP) is 2.84. The standard InChI is InChI=1S/C19H20FNO3/c20-13-6-7-14-10(9-13)2-1-3-15(14)21-18(22)16-11-4-5-12(8-11)17(16)19(23)24/h4-7,9,11-12,15-17H,1-3,8H2,(H,21,22)(H,23,24). The van der Waals surface area contributed by atoms with E-state index in [9.17, 15) is 19.1 Å². The van der Waals surface area contributed by atoms with Gasteiger partial charge in [-0.25, -0.2) is 4.39 Å². The second-order valence-corrected chi connectivity index (χ2v) is 7.13. The Morgan fingerprint density at radius 2 is 1.92 bits per heavy atom. The summed E-state index contributed by atoms with van der Waals surface area (Å²) in [5.41, 5.74) is 1.90. The number of hydrogen-bond acceptors (Lipinski definition) is 2. The second-order valence-electron chi connectivity index (χ2n) is 7.13. The molecular weight excluding hydrogens is 309 g/mol. The van der Waals surface area contributed by atoms with Crippen LogP contribution in [-0.4, -0.2) is 17.0 Å². The minimum absolute atomic E-state index is 0.0207. The molecule has 1 aromatic carbocycles. The van der Waals surface area contributed by atoms with E-state index in [0.29, 0.717) is 0 Å². The highest BCUT2D eigenvalue weighted by Crippen LogP contribution is 2.48. The number of halogens is 1. The molecule has 24 heavy (non-hydrogen) atoms. The number of amides is 1. The molecular formula is C19H20FNO3. The van der Waals surface area contributed by atoms with E-state index < -0.39 is 17.8 Å². The molecule has 5 heteroatoms. The molecule has 0 aliphatic heterocycles. The molecule has 0 heterocycles. The van der Waals surface area contributed by atoms with Crippen LogP contribution >= 0.6 is 0 Å². The largest absolute Gasteiger partial charge is 0.481 e. The van der Waals surface area contributed by atoms with Gasteiger partial charge < -0.3 is 10.4 Å². The third kappa shape index (κ3) is 2.43. The lowest BCUT2D eigenvalue weighted by atomic mass is 9.81. The van der Waals surface area contributed by atoms with Crippen LogP contribution in [0.15, 0.2) is 30.4 Å². The fourth-order valence-corrected chi connectivity index (χ4v) is 4.72. The number of nitrogens with one attached hydrogen (secondary N) is 1. The first kappa shape index (κ1) is 15.4. The van der Waals surface area contributed by atoms with E-state index in [1.807, 2.05) is 12.2 Å². The summed E-state index contributed by atoms with van der Waals surface area (Å²) in [7, 11) is 0. The normalized spacial score (nSPS) is 33.3. The Labute approximate surface area is 139 Å². The molecule has 3 aliphatic carbocycles. The average Bonchev–Trinajstić information content (AvgIpc) is 3.15. The number of carbonyl (C=O) groups excluding carboxylic acids is 1. The van der Waals surface area contributed by atoms with Gasteiger partial charge in [-0.1, -0.05) is 18.2 Å². The Balaban J connectivity index is 1.55. The highest BCUT2D eigenvalue weighted by atomic mass is 19.1. The van der Waals surface area contributed by atoms with Crippen LogP contribution in [0.2, 0.25) is 0 Å². The van der Waals surface area contributed by atoms with Crippen LogP contribution in [0.3, 0.4) is 0 Å². The monoisotopic (exact) mass is 329 g/mol. The molecule has 4 rings (SSSR count). The van der Waals surface area contributed by atoms with Crippen molar-refractivity contribution in [3.8, 4) is 0 Å². The van der Waals surface area contributed by atoms with Crippen molar-refractivity contribution in [2.75, 3.05) is 0 Å².